The summed E-state index contributed by atoms with van der Waals surface area (Å²) in [4.78, 5) is 0. The van der Waals surface area contributed by atoms with E-state index in [0.717, 1.165) is 0 Å². The average Bonchev–Trinajstić information content (AvgIpc) is 3.47. The quantitative estimate of drug-likeness (QED) is 0.282. The molecule has 0 fully saturated rings. The summed E-state index contributed by atoms with van der Waals surface area (Å²) in [7, 11) is 0. The number of hydrogen-bond acceptors (Lipinski definition) is 0. The zero-order chi connectivity index (χ0) is 21.3. The molecule has 0 aliphatic rings. The van der Waals surface area contributed by atoms with Crippen molar-refractivity contribution >= 4 is 46.4 Å². The molecule has 0 saturated carbocycles. The predicted molar refractivity (Wildman–Crippen MR) is 137 cm³/mol. The summed E-state index contributed by atoms with van der Waals surface area (Å²) in [6, 6.07) is 38.3. The number of benzene rings is 3. The highest BCUT2D eigenvalue weighted by molar-refractivity contribution is 5.93. The SMILES string of the molecule is C(=C\c1ccc2c3ccc(/C=C/c4ccccc4)n3c3ccccc3n12)/c1ccccc1. The molecule has 3 aromatic heterocycles. The molecule has 3 aromatic carbocycles. The van der Waals surface area contributed by atoms with E-state index in [0.29, 0.717) is 0 Å². The molecule has 0 aliphatic heterocycles. The normalized spacial score (nSPS) is 12.1. The molecule has 0 spiro atoms. The number of nitrogens with zero attached hydrogens (tertiary/aromatic N) is 2. The summed E-state index contributed by atoms with van der Waals surface area (Å²) in [5.41, 5.74) is 9.53. The van der Waals surface area contributed by atoms with Gasteiger partial charge in [0, 0.05) is 11.4 Å². The van der Waals surface area contributed by atoms with Gasteiger partial charge >= 0.3 is 0 Å². The Bertz CT molecular complexity index is 1470. The van der Waals surface area contributed by atoms with E-state index in [1.807, 2.05) is 12.1 Å². The Morgan fingerprint density at radius 3 is 1.16 bits per heavy atom. The highest BCUT2D eigenvalue weighted by Gasteiger charge is 2.12. The number of hydrogen-bond donors (Lipinski definition) is 0. The lowest BCUT2D eigenvalue weighted by Crippen LogP contribution is -1.98. The van der Waals surface area contributed by atoms with Gasteiger partial charge in [-0.3, -0.25) is 0 Å². The number of rotatable bonds is 4. The van der Waals surface area contributed by atoms with Crippen molar-refractivity contribution in [2.24, 2.45) is 0 Å². The highest BCUT2D eigenvalue weighted by Crippen LogP contribution is 2.29. The van der Waals surface area contributed by atoms with Gasteiger partial charge in [0.15, 0.2) is 0 Å². The maximum Gasteiger partial charge on any atom is 0.0704 e. The fraction of sp³-hybridized carbons (Fsp3) is 0. The largest absolute Gasteiger partial charge is 0.306 e. The van der Waals surface area contributed by atoms with Crippen molar-refractivity contribution in [1.82, 2.24) is 8.80 Å². The third-order valence-corrected chi connectivity index (χ3v) is 5.94. The van der Waals surface area contributed by atoms with Crippen LogP contribution < -0.4 is 0 Å². The van der Waals surface area contributed by atoms with E-state index in [9.17, 15) is 0 Å². The van der Waals surface area contributed by atoms with Gasteiger partial charge in [0.25, 0.3) is 0 Å². The van der Waals surface area contributed by atoms with Gasteiger partial charge in [0.05, 0.1) is 22.1 Å². The summed E-state index contributed by atoms with van der Waals surface area (Å²) in [6.07, 6.45) is 8.74. The van der Waals surface area contributed by atoms with Crippen molar-refractivity contribution in [2.75, 3.05) is 0 Å². The lowest BCUT2D eigenvalue weighted by molar-refractivity contribution is 1.17. The van der Waals surface area contributed by atoms with Crippen molar-refractivity contribution in [3.63, 3.8) is 0 Å². The van der Waals surface area contributed by atoms with Crippen molar-refractivity contribution in [1.29, 1.82) is 0 Å². The summed E-state index contributed by atoms with van der Waals surface area (Å²) < 4.78 is 4.71. The first kappa shape index (κ1) is 18.5. The number of aromatic nitrogens is 2. The molecule has 0 atom stereocenters. The second-order valence-electron chi connectivity index (χ2n) is 7.93. The molecule has 0 unspecified atom stereocenters. The molecule has 152 valence electrons. The minimum absolute atomic E-state index is 1.17. The molecule has 0 radical (unpaired) electrons. The summed E-state index contributed by atoms with van der Waals surface area (Å²) in [6.45, 7) is 0. The zero-order valence-corrected chi connectivity index (χ0v) is 17.6. The van der Waals surface area contributed by atoms with E-state index in [1.54, 1.807) is 0 Å². The molecular weight excluding hydrogens is 388 g/mol. The second-order valence-corrected chi connectivity index (χ2v) is 7.93. The van der Waals surface area contributed by atoms with Crippen LogP contribution in [0.5, 0.6) is 0 Å². The Morgan fingerprint density at radius 2 is 0.719 bits per heavy atom. The van der Waals surface area contributed by atoms with E-state index in [2.05, 4.69) is 130 Å². The van der Waals surface area contributed by atoms with Crippen LogP contribution in [0.2, 0.25) is 0 Å². The first-order valence-electron chi connectivity index (χ1n) is 10.9. The lowest BCUT2D eigenvalue weighted by atomic mass is 10.2. The van der Waals surface area contributed by atoms with Gasteiger partial charge in [0.1, 0.15) is 0 Å². The first-order valence-corrected chi connectivity index (χ1v) is 10.9. The monoisotopic (exact) mass is 410 g/mol. The molecule has 32 heavy (non-hydrogen) atoms. The average molecular weight is 411 g/mol. The highest BCUT2D eigenvalue weighted by atomic mass is 15.0. The van der Waals surface area contributed by atoms with Crippen LogP contribution in [0.3, 0.4) is 0 Å². The van der Waals surface area contributed by atoms with E-state index >= 15 is 0 Å². The fourth-order valence-electron chi connectivity index (χ4n) is 4.44. The Balaban J connectivity index is 1.56. The molecule has 2 heteroatoms. The molecular formula is C30H22N2. The first-order chi connectivity index (χ1) is 15.9. The van der Waals surface area contributed by atoms with Gasteiger partial charge in [-0.2, -0.15) is 0 Å². The summed E-state index contributed by atoms with van der Waals surface area (Å²) in [5, 5.41) is 0. The van der Waals surface area contributed by atoms with Crippen LogP contribution in [0.15, 0.2) is 109 Å². The fourth-order valence-corrected chi connectivity index (χ4v) is 4.44. The molecule has 6 aromatic rings. The van der Waals surface area contributed by atoms with Crippen LogP contribution in [-0.2, 0) is 0 Å². The molecule has 2 nitrogen and oxygen atoms in total. The lowest BCUT2D eigenvalue weighted by Gasteiger charge is -2.11. The molecule has 3 heterocycles. The molecule has 0 N–H and O–H groups in total. The molecule has 0 saturated heterocycles. The third-order valence-electron chi connectivity index (χ3n) is 5.94. The summed E-state index contributed by atoms with van der Waals surface area (Å²) >= 11 is 0. The number of fused-ring (bicyclic) bond motifs is 6. The summed E-state index contributed by atoms with van der Waals surface area (Å²) in [5.74, 6) is 0. The van der Waals surface area contributed by atoms with Crippen LogP contribution in [0.4, 0.5) is 0 Å². The standard InChI is InChI=1S/C30H22N2/c1-3-9-23(10-4-1)15-17-25-19-21-29-30-22-20-26(18-16-24-11-5-2-6-12-24)32(30)28-14-8-7-13-27(28)31(25)29/h1-22H/b17-15+,18-16+. The van der Waals surface area contributed by atoms with Gasteiger partial charge in [-0.15, -0.1) is 0 Å². The smallest absolute Gasteiger partial charge is 0.0704 e. The van der Waals surface area contributed by atoms with Gasteiger partial charge in [-0.1, -0.05) is 84.9 Å². The van der Waals surface area contributed by atoms with Crippen molar-refractivity contribution in [2.45, 2.75) is 0 Å². The third kappa shape index (κ3) is 3.14. The Kier molecular flexibility index (Phi) is 4.47. The van der Waals surface area contributed by atoms with Crippen molar-refractivity contribution in [3.8, 4) is 0 Å². The number of para-hydroxylation sites is 2. The van der Waals surface area contributed by atoms with Gasteiger partial charge < -0.3 is 8.80 Å². The minimum Gasteiger partial charge on any atom is -0.306 e. The van der Waals surface area contributed by atoms with Crippen LogP contribution >= 0.6 is 0 Å². The Hall–Kier alpha value is -4.30. The van der Waals surface area contributed by atoms with E-state index in [1.165, 1.54) is 44.6 Å². The maximum absolute atomic E-state index is 2.36. The Labute approximate surface area is 187 Å². The van der Waals surface area contributed by atoms with E-state index < -0.39 is 0 Å². The minimum atomic E-state index is 1.17. The maximum atomic E-state index is 2.36. The molecule has 0 amide bonds. The van der Waals surface area contributed by atoms with E-state index in [-0.39, 0.29) is 0 Å². The molecule has 0 bridgehead atoms. The van der Waals surface area contributed by atoms with Gasteiger partial charge in [-0.25, -0.2) is 0 Å². The van der Waals surface area contributed by atoms with E-state index in [4.69, 9.17) is 0 Å². The predicted octanol–water partition coefficient (Wildman–Crippen LogP) is 7.69. The molecule has 6 rings (SSSR count). The van der Waals surface area contributed by atoms with Gasteiger partial charge in [0.2, 0.25) is 0 Å². The van der Waals surface area contributed by atoms with Gasteiger partial charge in [-0.05, 0) is 59.7 Å². The van der Waals surface area contributed by atoms with Crippen molar-refractivity contribution in [3.05, 3.63) is 132 Å². The molecule has 0 aliphatic carbocycles. The van der Waals surface area contributed by atoms with Crippen molar-refractivity contribution < 1.29 is 0 Å². The topological polar surface area (TPSA) is 8.82 Å². The van der Waals surface area contributed by atoms with Crippen LogP contribution in [0.25, 0.3) is 46.4 Å². The van der Waals surface area contributed by atoms with Crippen LogP contribution in [0.1, 0.15) is 22.5 Å². The van der Waals surface area contributed by atoms with Crippen LogP contribution in [0, 0.1) is 0 Å². The second kappa shape index (κ2) is 7.75. The Morgan fingerprint density at radius 1 is 0.344 bits per heavy atom. The van der Waals surface area contributed by atoms with Crippen LogP contribution in [-0.4, -0.2) is 8.80 Å². The zero-order valence-electron chi connectivity index (χ0n) is 17.6.